The molecule has 2 aromatic rings. The lowest BCUT2D eigenvalue weighted by Crippen LogP contribution is -2.59. The van der Waals surface area contributed by atoms with Crippen LogP contribution in [-0.4, -0.2) is 83.8 Å². The molecule has 0 aromatic heterocycles. The van der Waals surface area contributed by atoms with Gasteiger partial charge in [-0.2, -0.15) is 0 Å². The molecule has 0 radical (unpaired) electrons. The van der Waals surface area contributed by atoms with Crippen molar-refractivity contribution in [3.8, 4) is 5.75 Å². The molecule has 3 amide bonds. The fraction of sp³-hybridized carbons (Fsp3) is 0.524. The van der Waals surface area contributed by atoms with Gasteiger partial charge in [0, 0.05) is 32.9 Å². The van der Waals surface area contributed by atoms with Gasteiger partial charge in [-0.1, -0.05) is 113 Å². The highest BCUT2D eigenvalue weighted by Crippen LogP contribution is 2.42. The molecule has 0 bridgehead atoms. The number of fused-ring (bicyclic) bond motifs is 1. The number of ether oxygens (including phenoxy) is 3. The summed E-state index contributed by atoms with van der Waals surface area (Å²) in [4.78, 5) is 58.2. The van der Waals surface area contributed by atoms with E-state index in [-0.39, 0.29) is 46.1 Å². The second kappa shape index (κ2) is 18.8. The molecular weight excluding hydrogens is 745 g/mol. The van der Waals surface area contributed by atoms with Crippen molar-refractivity contribution in [2.75, 3.05) is 14.2 Å². The minimum Gasteiger partial charge on any atom is -0.505 e. The third-order valence-corrected chi connectivity index (χ3v) is 11.3. The standard InChI is InChI=1S/C42H55Cl2N3O8/c1-10-24(4)35-39(50)45-31(21-27-19-29(43)36(48)30(44)20-27)38(49)46-34(23(2)3)40(51)54-37(28-17-12-11-13-18-28)26(6)16-14-15-25(5)32(53-9)22-33-42(7,55-33)41(52)47(35)8/h11-20,23-24,26,31-35,37,48H,10,21-22H2,1-9H3,(H,45,50)(H,46,49)/b16-14+,25-15+/t24-,26+,31+,32+,33-,34-,35-,37-,42+/m0/s1. The average Bonchev–Trinajstić information content (AvgIpc) is 3.82. The van der Waals surface area contributed by atoms with Crippen molar-refractivity contribution in [2.45, 2.75) is 110 Å². The van der Waals surface area contributed by atoms with Crippen LogP contribution in [0.1, 0.15) is 78.5 Å². The maximum Gasteiger partial charge on any atom is 0.329 e. The molecule has 11 nitrogen and oxygen atoms in total. The molecule has 55 heavy (non-hydrogen) atoms. The zero-order valence-corrected chi connectivity index (χ0v) is 34.6. The minimum absolute atomic E-state index is 0.0353. The van der Waals surface area contributed by atoms with E-state index in [4.69, 9.17) is 37.4 Å². The van der Waals surface area contributed by atoms with Crippen LogP contribution < -0.4 is 10.6 Å². The number of nitrogens with one attached hydrogen (secondary N) is 2. The molecule has 0 unspecified atom stereocenters. The average molecular weight is 801 g/mol. The number of halogens is 2. The maximum atomic E-state index is 14.4. The number of nitrogens with zero attached hydrogens (tertiary/aromatic N) is 1. The first-order chi connectivity index (χ1) is 25.9. The molecule has 13 heteroatoms. The van der Waals surface area contributed by atoms with Crippen LogP contribution >= 0.6 is 23.2 Å². The highest BCUT2D eigenvalue weighted by molar-refractivity contribution is 6.37. The molecule has 2 aliphatic heterocycles. The van der Waals surface area contributed by atoms with Crippen LogP contribution in [0.15, 0.2) is 66.3 Å². The van der Waals surface area contributed by atoms with Crippen LogP contribution in [0.4, 0.5) is 0 Å². The summed E-state index contributed by atoms with van der Waals surface area (Å²) in [6, 6.07) is 8.93. The number of hydrogen-bond donors (Lipinski definition) is 3. The Morgan fingerprint density at radius 2 is 1.67 bits per heavy atom. The lowest BCUT2D eigenvalue weighted by atomic mass is 9.93. The number of methoxy groups -OCH3 is 1. The minimum atomic E-state index is -1.26. The quantitative estimate of drug-likeness (QED) is 0.206. The molecule has 1 fully saturated rings. The SMILES string of the molecule is CC[C@H](C)[C@H]1C(=O)N[C@H](Cc2cc(Cl)c(O)c(Cl)c2)C(=O)N[C@@H](C(C)C)C(=O)O[C@H](c2ccccc2)[C@H](C)/C=C/C=C(\C)[C@H](OC)C[C@@H]2O[C@@]2(C)C(=O)N1C. The first-order valence-electron chi connectivity index (χ1n) is 18.8. The van der Waals surface area contributed by atoms with Gasteiger partial charge in [0.25, 0.3) is 5.91 Å². The van der Waals surface area contributed by atoms with Crippen LogP contribution in [0.25, 0.3) is 0 Å². The fourth-order valence-electron chi connectivity index (χ4n) is 7.00. The lowest BCUT2D eigenvalue weighted by Gasteiger charge is -2.34. The number of hydrogen-bond acceptors (Lipinski definition) is 8. The third kappa shape index (κ3) is 10.5. The van der Waals surface area contributed by atoms with E-state index in [1.807, 2.05) is 76.3 Å². The van der Waals surface area contributed by atoms with Crippen molar-refractivity contribution in [1.29, 1.82) is 0 Å². The van der Waals surface area contributed by atoms with Crippen LogP contribution in [0.5, 0.6) is 5.75 Å². The van der Waals surface area contributed by atoms with E-state index in [2.05, 4.69) is 10.6 Å². The van der Waals surface area contributed by atoms with Gasteiger partial charge in [0.15, 0.2) is 11.4 Å². The van der Waals surface area contributed by atoms with E-state index in [1.165, 1.54) is 17.0 Å². The molecule has 2 aromatic carbocycles. The normalized spacial score (nSPS) is 30.9. The first kappa shape index (κ1) is 43.8. The summed E-state index contributed by atoms with van der Waals surface area (Å²) in [5.41, 5.74) is 0.930. The second-order valence-electron chi connectivity index (χ2n) is 15.2. The zero-order valence-electron chi connectivity index (χ0n) is 33.1. The molecule has 0 aliphatic carbocycles. The van der Waals surface area contributed by atoms with Crippen molar-refractivity contribution in [2.24, 2.45) is 17.8 Å². The van der Waals surface area contributed by atoms with Gasteiger partial charge in [-0.15, -0.1) is 0 Å². The van der Waals surface area contributed by atoms with Gasteiger partial charge in [-0.3, -0.25) is 14.4 Å². The van der Waals surface area contributed by atoms with Gasteiger partial charge in [0.2, 0.25) is 11.8 Å². The first-order valence-corrected chi connectivity index (χ1v) is 19.5. The van der Waals surface area contributed by atoms with E-state index in [0.29, 0.717) is 18.4 Å². The number of carbonyl (C=O) groups excluding carboxylic acids is 4. The molecule has 2 heterocycles. The van der Waals surface area contributed by atoms with Crippen molar-refractivity contribution in [3.63, 3.8) is 0 Å². The van der Waals surface area contributed by atoms with Crippen molar-refractivity contribution < 1.29 is 38.5 Å². The van der Waals surface area contributed by atoms with Gasteiger partial charge in [0.05, 0.1) is 22.3 Å². The highest BCUT2D eigenvalue weighted by Gasteiger charge is 2.61. The smallest absolute Gasteiger partial charge is 0.329 e. The van der Waals surface area contributed by atoms with Crippen LogP contribution in [-0.2, 0) is 39.8 Å². The Hall–Kier alpha value is -3.90. The van der Waals surface area contributed by atoms with Gasteiger partial charge in [-0.05, 0) is 54.5 Å². The van der Waals surface area contributed by atoms with E-state index >= 15 is 0 Å². The molecule has 0 spiro atoms. The Morgan fingerprint density at radius 3 is 2.25 bits per heavy atom. The fourth-order valence-corrected chi connectivity index (χ4v) is 7.53. The molecular formula is C42H55Cl2N3O8. The predicted molar refractivity (Wildman–Crippen MR) is 213 cm³/mol. The highest BCUT2D eigenvalue weighted by atomic mass is 35.5. The summed E-state index contributed by atoms with van der Waals surface area (Å²) < 4.78 is 18.1. The van der Waals surface area contributed by atoms with E-state index in [0.717, 1.165) is 11.1 Å². The summed E-state index contributed by atoms with van der Waals surface area (Å²) in [6.07, 6.45) is 5.09. The van der Waals surface area contributed by atoms with Gasteiger partial charge >= 0.3 is 5.97 Å². The Morgan fingerprint density at radius 1 is 1.04 bits per heavy atom. The monoisotopic (exact) mass is 799 g/mol. The van der Waals surface area contributed by atoms with E-state index in [1.54, 1.807) is 34.9 Å². The maximum absolute atomic E-state index is 14.4. The summed E-state index contributed by atoms with van der Waals surface area (Å²) in [5, 5.41) is 15.8. The Kier molecular flexibility index (Phi) is 15.0. The van der Waals surface area contributed by atoms with Gasteiger partial charge in [0.1, 0.15) is 24.2 Å². The molecule has 1 saturated heterocycles. The Labute approximate surface area is 334 Å². The second-order valence-corrected chi connectivity index (χ2v) is 16.1. The van der Waals surface area contributed by atoms with Crippen molar-refractivity contribution >= 4 is 46.9 Å². The summed E-state index contributed by atoms with van der Waals surface area (Å²) in [6.45, 7) is 12.9. The molecule has 3 N–H and O–H groups in total. The Bertz CT molecular complexity index is 1740. The molecule has 2 aliphatic rings. The van der Waals surface area contributed by atoms with E-state index in [9.17, 15) is 24.3 Å². The van der Waals surface area contributed by atoms with Gasteiger partial charge < -0.3 is 34.9 Å². The van der Waals surface area contributed by atoms with Gasteiger partial charge in [-0.25, -0.2) is 4.79 Å². The predicted octanol–water partition coefficient (Wildman–Crippen LogP) is 6.74. The molecule has 4 rings (SSSR count). The molecule has 0 saturated carbocycles. The summed E-state index contributed by atoms with van der Waals surface area (Å²) >= 11 is 12.5. The number of epoxide rings is 1. The zero-order chi connectivity index (χ0) is 40.8. The number of allylic oxidation sites excluding steroid dienone is 2. The number of phenolic OH excluding ortho intramolecular Hbond substituents is 1. The van der Waals surface area contributed by atoms with Crippen molar-refractivity contribution in [3.05, 3.63) is 87.4 Å². The largest absolute Gasteiger partial charge is 0.505 e. The number of phenols is 1. The van der Waals surface area contributed by atoms with Crippen LogP contribution in [0, 0.1) is 17.8 Å². The number of aromatic hydroxyl groups is 1. The van der Waals surface area contributed by atoms with E-state index < -0.39 is 59.6 Å². The number of carbonyl (C=O) groups is 4. The number of cyclic esters (lactones) is 1. The molecule has 300 valence electrons. The number of likely N-dealkylation sites (N-methyl/N-ethyl adjacent to an activating group) is 1. The Balaban J connectivity index is 1.81. The topological polar surface area (TPSA) is 147 Å². The molecule has 9 atom stereocenters. The van der Waals surface area contributed by atoms with Crippen molar-refractivity contribution in [1.82, 2.24) is 15.5 Å². The number of esters is 1. The summed E-state index contributed by atoms with van der Waals surface area (Å²) in [5.74, 6) is -3.60. The summed E-state index contributed by atoms with van der Waals surface area (Å²) in [7, 11) is 3.17. The third-order valence-electron chi connectivity index (χ3n) is 10.8. The van der Waals surface area contributed by atoms with Crippen LogP contribution in [0.2, 0.25) is 10.0 Å². The number of rotatable bonds is 7. The number of benzene rings is 2. The lowest BCUT2D eigenvalue weighted by molar-refractivity contribution is -0.156. The van der Waals surface area contributed by atoms with Crippen LogP contribution in [0.3, 0.4) is 0 Å². The number of amides is 3.